The van der Waals surface area contributed by atoms with Crippen molar-refractivity contribution >= 4 is 16.9 Å². The van der Waals surface area contributed by atoms with Crippen LogP contribution in [0.1, 0.15) is 35.1 Å². The average Bonchev–Trinajstić information content (AvgIpc) is 3.27. The van der Waals surface area contributed by atoms with E-state index < -0.39 is 0 Å². The quantitative estimate of drug-likeness (QED) is 0.686. The molecule has 0 atom stereocenters. The lowest BCUT2D eigenvalue weighted by Gasteiger charge is -2.28. The second-order valence-corrected chi connectivity index (χ2v) is 8.29. The standard InChI is InChI=1S/C25H29N3O2/c1-18-9-10-23-21(15-18)16-22(24(29)26-23)17-28(25(30)27-12-5-6-13-27)14-11-20-8-4-3-7-19(20)2/h3-4,7-10,15-16H,5-6,11-14,17H2,1-2H3,(H,26,29). The highest BCUT2D eigenvalue weighted by Gasteiger charge is 2.24. The summed E-state index contributed by atoms with van der Waals surface area (Å²) in [5, 5.41) is 0.997. The highest BCUT2D eigenvalue weighted by atomic mass is 16.2. The number of pyridine rings is 1. The lowest BCUT2D eigenvalue weighted by molar-refractivity contribution is 0.160. The van der Waals surface area contributed by atoms with Gasteiger partial charge >= 0.3 is 6.03 Å². The fourth-order valence-electron chi connectivity index (χ4n) is 4.19. The third-order valence-corrected chi connectivity index (χ3v) is 6.00. The van der Waals surface area contributed by atoms with Crippen molar-refractivity contribution in [2.24, 2.45) is 0 Å². The number of carbonyl (C=O) groups is 1. The van der Waals surface area contributed by atoms with Crippen LogP contribution in [0, 0.1) is 13.8 Å². The fraction of sp³-hybridized carbons (Fsp3) is 0.360. The van der Waals surface area contributed by atoms with Crippen molar-refractivity contribution in [3.63, 3.8) is 0 Å². The number of urea groups is 1. The van der Waals surface area contributed by atoms with Gasteiger partial charge in [-0.3, -0.25) is 4.79 Å². The second-order valence-electron chi connectivity index (χ2n) is 8.29. The molecule has 2 aromatic carbocycles. The predicted molar refractivity (Wildman–Crippen MR) is 121 cm³/mol. The molecule has 0 spiro atoms. The molecule has 156 valence electrons. The number of aromatic nitrogens is 1. The van der Waals surface area contributed by atoms with E-state index >= 15 is 0 Å². The van der Waals surface area contributed by atoms with Gasteiger partial charge in [-0.25, -0.2) is 4.79 Å². The summed E-state index contributed by atoms with van der Waals surface area (Å²) < 4.78 is 0. The van der Waals surface area contributed by atoms with Crippen LogP contribution in [0.5, 0.6) is 0 Å². The Morgan fingerprint density at radius 2 is 1.80 bits per heavy atom. The second kappa shape index (κ2) is 8.74. The van der Waals surface area contributed by atoms with Gasteiger partial charge in [-0.2, -0.15) is 0 Å². The van der Waals surface area contributed by atoms with Crippen molar-refractivity contribution in [3.8, 4) is 0 Å². The highest BCUT2D eigenvalue weighted by Crippen LogP contribution is 2.17. The van der Waals surface area contributed by atoms with Gasteiger partial charge in [0.05, 0.1) is 6.54 Å². The maximum absolute atomic E-state index is 13.2. The molecule has 0 unspecified atom stereocenters. The van der Waals surface area contributed by atoms with Crippen LogP contribution in [-0.2, 0) is 13.0 Å². The topological polar surface area (TPSA) is 56.4 Å². The number of aryl methyl sites for hydroxylation is 2. The molecule has 2 heterocycles. The number of hydrogen-bond acceptors (Lipinski definition) is 2. The van der Waals surface area contributed by atoms with Gasteiger partial charge in [-0.15, -0.1) is 0 Å². The molecule has 4 rings (SSSR count). The third-order valence-electron chi connectivity index (χ3n) is 6.00. The Morgan fingerprint density at radius 3 is 2.57 bits per heavy atom. The van der Waals surface area contributed by atoms with Gasteiger partial charge in [0.2, 0.25) is 0 Å². The number of H-pyrrole nitrogens is 1. The Kier molecular flexibility index (Phi) is 5.88. The van der Waals surface area contributed by atoms with E-state index in [-0.39, 0.29) is 11.6 Å². The van der Waals surface area contributed by atoms with Gasteiger partial charge in [-0.1, -0.05) is 35.9 Å². The smallest absolute Gasteiger partial charge is 0.320 e. The lowest BCUT2D eigenvalue weighted by Crippen LogP contribution is -2.43. The molecule has 5 nitrogen and oxygen atoms in total. The fourth-order valence-corrected chi connectivity index (χ4v) is 4.19. The maximum atomic E-state index is 13.2. The van der Waals surface area contributed by atoms with E-state index in [1.165, 1.54) is 11.1 Å². The zero-order chi connectivity index (χ0) is 21.1. The van der Waals surface area contributed by atoms with E-state index in [2.05, 4.69) is 30.1 Å². The van der Waals surface area contributed by atoms with Crippen molar-refractivity contribution in [3.05, 3.63) is 81.1 Å². The molecule has 0 saturated carbocycles. The molecular weight excluding hydrogens is 374 g/mol. The Morgan fingerprint density at radius 1 is 1.03 bits per heavy atom. The van der Waals surface area contributed by atoms with Gasteiger partial charge in [0.15, 0.2) is 0 Å². The first-order valence-electron chi connectivity index (χ1n) is 10.7. The summed E-state index contributed by atoms with van der Waals surface area (Å²) in [5.41, 5.74) is 4.94. The van der Waals surface area contributed by atoms with E-state index in [0.29, 0.717) is 18.7 Å². The number of nitrogens with zero attached hydrogens (tertiary/aromatic N) is 2. The summed E-state index contributed by atoms with van der Waals surface area (Å²) in [6.45, 7) is 6.64. The van der Waals surface area contributed by atoms with Crippen LogP contribution in [0.3, 0.4) is 0 Å². The van der Waals surface area contributed by atoms with Crippen LogP contribution < -0.4 is 5.56 Å². The van der Waals surface area contributed by atoms with Gasteiger partial charge in [-0.05, 0) is 67.8 Å². The number of carbonyl (C=O) groups excluding carboxylic acids is 1. The van der Waals surface area contributed by atoms with Crippen molar-refractivity contribution in [1.82, 2.24) is 14.8 Å². The number of fused-ring (bicyclic) bond motifs is 1. The molecule has 1 fully saturated rings. The Labute approximate surface area is 177 Å². The molecule has 5 heteroatoms. The minimum atomic E-state index is -0.124. The Balaban J connectivity index is 1.61. The molecule has 0 bridgehead atoms. The first kappa shape index (κ1) is 20.2. The van der Waals surface area contributed by atoms with E-state index in [1.807, 2.05) is 47.1 Å². The number of amides is 2. The zero-order valence-corrected chi connectivity index (χ0v) is 17.8. The minimum absolute atomic E-state index is 0.0322. The average molecular weight is 404 g/mol. The summed E-state index contributed by atoms with van der Waals surface area (Å²) in [4.78, 5) is 32.7. The number of nitrogens with one attached hydrogen (secondary N) is 1. The Hall–Kier alpha value is -3.08. The molecule has 2 amide bonds. The summed E-state index contributed by atoms with van der Waals surface area (Å²) >= 11 is 0. The highest BCUT2D eigenvalue weighted by molar-refractivity contribution is 5.80. The molecule has 1 N–H and O–H groups in total. The molecule has 30 heavy (non-hydrogen) atoms. The molecule has 1 saturated heterocycles. The molecular formula is C25H29N3O2. The third kappa shape index (κ3) is 4.40. The summed E-state index contributed by atoms with van der Waals surface area (Å²) in [7, 11) is 0. The van der Waals surface area contributed by atoms with Crippen LogP contribution in [0.25, 0.3) is 10.9 Å². The predicted octanol–water partition coefficient (Wildman–Crippen LogP) is 4.41. The van der Waals surface area contributed by atoms with E-state index in [9.17, 15) is 9.59 Å². The largest absolute Gasteiger partial charge is 0.325 e. The first-order chi connectivity index (χ1) is 14.5. The SMILES string of the molecule is Cc1ccc2[nH]c(=O)c(CN(CCc3ccccc3C)C(=O)N3CCCC3)cc2c1. The lowest BCUT2D eigenvalue weighted by atomic mass is 10.1. The summed E-state index contributed by atoms with van der Waals surface area (Å²) in [5.74, 6) is 0. The monoisotopic (exact) mass is 403 g/mol. The molecule has 0 radical (unpaired) electrons. The molecule has 3 aromatic rings. The molecule has 1 aliphatic heterocycles. The number of likely N-dealkylation sites (tertiary alicyclic amines) is 1. The minimum Gasteiger partial charge on any atom is -0.325 e. The van der Waals surface area contributed by atoms with E-state index in [0.717, 1.165) is 48.8 Å². The van der Waals surface area contributed by atoms with Crippen molar-refractivity contribution in [1.29, 1.82) is 0 Å². The van der Waals surface area contributed by atoms with Crippen molar-refractivity contribution in [2.45, 2.75) is 39.7 Å². The van der Waals surface area contributed by atoms with Gasteiger partial charge in [0.25, 0.3) is 5.56 Å². The van der Waals surface area contributed by atoms with E-state index in [1.54, 1.807) is 0 Å². The normalized spacial score (nSPS) is 13.7. The molecule has 0 aliphatic carbocycles. The zero-order valence-electron chi connectivity index (χ0n) is 17.8. The number of benzene rings is 2. The van der Waals surface area contributed by atoms with E-state index in [4.69, 9.17) is 0 Å². The molecule has 1 aliphatic rings. The first-order valence-corrected chi connectivity index (χ1v) is 10.7. The van der Waals surface area contributed by atoms with Crippen LogP contribution in [0.2, 0.25) is 0 Å². The van der Waals surface area contributed by atoms with Crippen LogP contribution in [0.15, 0.2) is 53.3 Å². The maximum Gasteiger partial charge on any atom is 0.320 e. The summed E-state index contributed by atoms with van der Waals surface area (Å²) in [6.07, 6.45) is 2.87. The van der Waals surface area contributed by atoms with Gasteiger partial charge in [0.1, 0.15) is 0 Å². The summed E-state index contributed by atoms with van der Waals surface area (Å²) in [6, 6.07) is 16.2. The molecule has 1 aromatic heterocycles. The van der Waals surface area contributed by atoms with Crippen LogP contribution >= 0.6 is 0 Å². The van der Waals surface area contributed by atoms with Gasteiger partial charge in [0, 0.05) is 30.7 Å². The van der Waals surface area contributed by atoms with Gasteiger partial charge < -0.3 is 14.8 Å². The van der Waals surface area contributed by atoms with Crippen LogP contribution in [0.4, 0.5) is 4.79 Å². The number of rotatable bonds is 5. The number of aromatic amines is 1. The Bertz CT molecular complexity index is 1110. The van der Waals surface area contributed by atoms with Crippen molar-refractivity contribution < 1.29 is 4.79 Å². The van der Waals surface area contributed by atoms with Crippen molar-refractivity contribution in [2.75, 3.05) is 19.6 Å². The number of hydrogen-bond donors (Lipinski definition) is 1. The van der Waals surface area contributed by atoms with Crippen LogP contribution in [-0.4, -0.2) is 40.4 Å².